The van der Waals surface area contributed by atoms with Crippen molar-refractivity contribution in [3.63, 3.8) is 0 Å². The van der Waals surface area contributed by atoms with Crippen LogP contribution < -0.4 is 0 Å². The number of aromatic nitrogens is 1. The van der Waals surface area contributed by atoms with Crippen molar-refractivity contribution in [3.05, 3.63) is 29.6 Å². The summed E-state index contributed by atoms with van der Waals surface area (Å²) in [5.74, 6) is 0. The number of aryl methyl sites for hydroxylation is 1. The van der Waals surface area contributed by atoms with Gasteiger partial charge in [0.25, 0.3) is 0 Å². The van der Waals surface area contributed by atoms with Crippen molar-refractivity contribution >= 4 is 0 Å². The molecule has 0 atom stereocenters. The minimum absolute atomic E-state index is 0.196. The van der Waals surface area contributed by atoms with Gasteiger partial charge in [-0.25, -0.2) is 0 Å². The van der Waals surface area contributed by atoms with E-state index in [2.05, 4.69) is 4.98 Å². The van der Waals surface area contributed by atoms with E-state index < -0.39 is 0 Å². The van der Waals surface area contributed by atoms with E-state index in [0.29, 0.717) is 13.2 Å². The maximum Gasteiger partial charge on any atom is 0.185 e. The molecule has 0 unspecified atom stereocenters. The van der Waals surface area contributed by atoms with E-state index in [1.165, 1.54) is 0 Å². The minimum atomic E-state index is -0.196. The summed E-state index contributed by atoms with van der Waals surface area (Å²) in [5.41, 5.74) is 2.01. The summed E-state index contributed by atoms with van der Waals surface area (Å²) in [6.07, 6.45) is 1.58. The molecule has 1 fully saturated rings. The zero-order chi connectivity index (χ0) is 8.39. The molecule has 0 amide bonds. The number of pyridine rings is 1. The summed E-state index contributed by atoms with van der Waals surface area (Å²) >= 11 is 0. The summed E-state index contributed by atoms with van der Waals surface area (Å²) in [6, 6.07) is 3.88. The van der Waals surface area contributed by atoms with Gasteiger partial charge >= 0.3 is 0 Å². The van der Waals surface area contributed by atoms with Crippen LogP contribution in [0, 0.1) is 6.92 Å². The van der Waals surface area contributed by atoms with Crippen molar-refractivity contribution in [2.45, 2.75) is 13.2 Å². The molecule has 1 aliphatic rings. The van der Waals surface area contributed by atoms with Gasteiger partial charge in [-0.1, -0.05) is 6.07 Å². The fourth-order valence-electron chi connectivity index (χ4n) is 1.28. The summed E-state index contributed by atoms with van der Waals surface area (Å²) < 4.78 is 10.7. The Labute approximate surface area is 71.3 Å². The van der Waals surface area contributed by atoms with Crippen LogP contribution in [0.25, 0.3) is 0 Å². The normalized spacial score (nSPS) is 18.4. The van der Waals surface area contributed by atoms with Gasteiger partial charge in [0.1, 0.15) is 0 Å². The van der Waals surface area contributed by atoms with Crippen LogP contribution >= 0.6 is 0 Å². The molecule has 1 saturated heterocycles. The van der Waals surface area contributed by atoms with Crippen molar-refractivity contribution in [2.75, 3.05) is 13.2 Å². The maximum absolute atomic E-state index is 5.36. The fourth-order valence-corrected chi connectivity index (χ4v) is 1.28. The molecule has 0 radical (unpaired) electrons. The zero-order valence-corrected chi connectivity index (χ0v) is 6.99. The molecule has 3 heteroatoms. The molecule has 2 rings (SSSR count). The Hall–Kier alpha value is -0.930. The zero-order valence-electron chi connectivity index (χ0n) is 6.99. The number of ether oxygens (including phenoxy) is 2. The maximum atomic E-state index is 5.36. The van der Waals surface area contributed by atoms with Crippen molar-refractivity contribution in [1.82, 2.24) is 4.98 Å². The summed E-state index contributed by atoms with van der Waals surface area (Å²) in [6.45, 7) is 3.32. The van der Waals surface area contributed by atoms with Crippen molar-refractivity contribution in [3.8, 4) is 0 Å². The Morgan fingerprint density at radius 1 is 1.42 bits per heavy atom. The second kappa shape index (κ2) is 3.21. The van der Waals surface area contributed by atoms with Gasteiger partial charge in [0.15, 0.2) is 6.29 Å². The van der Waals surface area contributed by atoms with Crippen LogP contribution in [0.3, 0.4) is 0 Å². The van der Waals surface area contributed by atoms with Gasteiger partial charge in [0, 0.05) is 17.5 Å². The lowest BCUT2D eigenvalue weighted by Crippen LogP contribution is -2.01. The average molecular weight is 165 g/mol. The van der Waals surface area contributed by atoms with Gasteiger partial charge in [0.05, 0.1) is 13.2 Å². The largest absolute Gasteiger partial charge is 0.346 e. The predicted octanol–water partition coefficient (Wildman–Crippen LogP) is 1.44. The fraction of sp³-hybridized carbons (Fsp3) is 0.444. The van der Waals surface area contributed by atoms with Gasteiger partial charge in [-0.15, -0.1) is 0 Å². The van der Waals surface area contributed by atoms with Gasteiger partial charge < -0.3 is 9.47 Å². The van der Waals surface area contributed by atoms with Gasteiger partial charge in [-0.05, 0) is 13.0 Å². The average Bonchev–Trinajstić information content (AvgIpc) is 2.57. The third-order valence-corrected chi connectivity index (χ3v) is 1.92. The van der Waals surface area contributed by atoms with Crippen LogP contribution in [0.5, 0.6) is 0 Å². The topological polar surface area (TPSA) is 31.4 Å². The number of nitrogens with zero attached hydrogens (tertiary/aromatic N) is 1. The molecule has 0 aliphatic carbocycles. The number of rotatable bonds is 1. The van der Waals surface area contributed by atoms with Crippen LogP contribution in [0.1, 0.15) is 17.5 Å². The molecule has 12 heavy (non-hydrogen) atoms. The first-order valence-corrected chi connectivity index (χ1v) is 4.02. The Balaban J connectivity index is 2.26. The van der Waals surface area contributed by atoms with Gasteiger partial charge in [-0.3, -0.25) is 4.98 Å². The quantitative estimate of drug-likeness (QED) is 0.631. The van der Waals surface area contributed by atoms with Crippen molar-refractivity contribution < 1.29 is 9.47 Å². The molecule has 3 nitrogen and oxygen atoms in total. The Kier molecular flexibility index (Phi) is 2.06. The van der Waals surface area contributed by atoms with Crippen molar-refractivity contribution in [2.24, 2.45) is 0 Å². The lowest BCUT2D eigenvalue weighted by molar-refractivity contribution is -0.0448. The van der Waals surface area contributed by atoms with Crippen LogP contribution in [-0.2, 0) is 9.47 Å². The Morgan fingerprint density at radius 3 is 2.83 bits per heavy atom. The Morgan fingerprint density at radius 2 is 2.17 bits per heavy atom. The molecule has 1 aromatic heterocycles. The van der Waals surface area contributed by atoms with E-state index in [0.717, 1.165) is 11.3 Å². The number of hydrogen-bond donors (Lipinski definition) is 0. The molecule has 1 aromatic rings. The third-order valence-electron chi connectivity index (χ3n) is 1.92. The van der Waals surface area contributed by atoms with Crippen LogP contribution in [0.2, 0.25) is 0 Å². The SMILES string of the molecule is Cc1ncccc1C1OCCO1. The molecule has 64 valence electrons. The molecule has 1 aliphatic heterocycles. The van der Waals surface area contributed by atoms with E-state index in [4.69, 9.17) is 9.47 Å². The molecule has 0 spiro atoms. The second-order valence-corrected chi connectivity index (χ2v) is 2.75. The van der Waals surface area contributed by atoms with E-state index >= 15 is 0 Å². The Bertz CT molecular complexity index is 269. The first kappa shape index (κ1) is 7.71. The highest BCUT2D eigenvalue weighted by Crippen LogP contribution is 2.24. The van der Waals surface area contributed by atoms with E-state index in [-0.39, 0.29) is 6.29 Å². The van der Waals surface area contributed by atoms with E-state index in [1.807, 2.05) is 19.1 Å². The standard InChI is InChI=1S/C9H11NO2/c1-7-8(3-2-4-10-7)9-11-5-6-12-9/h2-4,9H,5-6H2,1H3. The minimum Gasteiger partial charge on any atom is -0.346 e. The molecular formula is C9H11NO2. The highest BCUT2D eigenvalue weighted by atomic mass is 16.7. The summed E-state index contributed by atoms with van der Waals surface area (Å²) in [4.78, 5) is 4.16. The molecular weight excluding hydrogens is 154 g/mol. The third kappa shape index (κ3) is 1.33. The molecule has 0 saturated carbocycles. The molecule has 0 N–H and O–H groups in total. The van der Waals surface area contributed by atoms with Gasteiger partial charge in [0.2, 0.25) is 0 Å². The predicted molar refractivity (Wildman–Crippen MR) is 43.6 cm³/mol. The first-order valence-electron chi connectivity index (χ1n) is 4.02. The van der Waals surface area contributed by atoms with Crippen LogP contribution in [0.4, 0.5) is 0 Å². The van der Waals surface area contributed by atoms with Crippen LogP contribution in [0.15, 0.2) is 18.3 Å². The van der Waals surface area contributed by atoms with Crippen LogP contribution in [-0.4, -0.2) is 18.2 Å². The molecule has 2 heterocycles. The monoisotopic (exact) mass is 165 g/mol. The van der Waals surface area contributed by atoms with E-state index in [9.17, 15) is 0 Å². The number of hydrogen-bond acceptors (Lipinski definition) is 3. The highest BCUT2D eigenvalue weighted by Gasteiger charge is 2.19. The lowest BCUT2D eigenvalue weighted by atomic mass is 10.2. The molecule has 0 aromatic carbocycles. The smallest absolute Gasteiger partial charge is 0.185 e. The lowest BCUT2D eigenvalue weighted by Gasteiger charge is -2.10. The first-order chi connectivity index (χ1) is 5.88. The van der Waals surface area contributed by atoms with Crippen molar-refractivity contribution in [1.29, 1.82) is 0 Å². The highest BCUT2D eigenvalue weighted by molar-refractivity contribution is 5.19. The molecule has 0 bridgehead atoms. The van der Waals surface area contributed by atoms with Gasteiger partial charge in [-0.2, -0.15) is 0 Å². The summed E-state index contributed by atoms with van der Waals surface area (Å²) in [5, 5.41) is 0. The summed E-state index contributed by atoms with van der Waals surface area (Å²) in [7, 11) is 0. The van der Waals surface area contributed by atoms with E-state index in [1.54, 1.807) is 6.20 Å². The second-order valence-electron chi connectivity index (χ2n) is 2.75.